The van der Waals surface area contributed by atoms with Gasteiger partial charge in [-0.1, -0.05) is 30.3 Å². The molecule has 1 atom stereocenters. The Kier molecular flexibility index (Phi) is 4.74. The number of amides is 2. The van der Waals surface area contributed by atoms with Crippen LogP contribution < -0.4 is 11.1 Å². The standard InChI is InChI=1S/C12H14N4O2/c13-7-9(14)12(18)16-10(11(15)17)6-8-4-2-1-3-5-8/h1-5,7,10,13-14H,6H2,(H2,15,17)(H,16,18)/t10-/m1/s1. The third-order valence-corrected chi connectivity index (χ3v) is 2.32. The summed E-state index contributed by atoms with van der Waals surface area (Å²) >= 11 is 0. The van der Waals surface area contributed by atoms with Crippen LogP contribution in [-0.4, -0.2) is 29.8 Å². The molecule has 1 aromatic rings. The van der Waals surface area contributed by atoms with Gasteiger partial charge in [-0.15, -0.1) is 0 Å². The number of rotatable bonds is 6. The molecule has 0 radical (unpaired) electrons. The van der Waals surface area contributed by atoms with Crippen LogP contribution in [0, 0.1) is 10.8 Å². The van der Waals surface area contributed by atoms with Gasteiger partial charge in [0, 0.05) is 12.6 Å². The van der Waals surface area contributed by atoms with Crippen molar-refractivity contribution in [2.45, 2.75) is 12.5 Å². The van der Waals surface area contributed by atoms with Gasteiger partial charge in [-0.2, -0.15) is 0 Å². The van der Waals surface area contributed by atoms with Gasteiger partial charge in [0.15, 0.2) is 0 Å². The van der Waals surface area contributed by atoms with E-state index in [2.05, 4.69) is 5.32 Å². The van der Waals surface area contributed by atoms with Gasteiger partial charge in [0.05, 0.1) is 0 Å². The Balaban J connectivity index is 2.73. The van der Waals surface area contributed by atoms with Crippen LogP contribution >= 0.6 is 0 Å². The summed E-state index contributed by atoms with van der Waals surface area (Å²) in [7, 11) is 0. The Labute approximate surface area is 104 Å². The summed E-state index contributed by atoms with van der Waals surface area (Å²) in [6.45, 7) is 0. The Morgan fingerprint density at radius 3 is 2.44 bits per heavy atom. The highest BCUT2D eigenvalue weighted by Gasteiger charge is 2.19. The number of nitrogens with two attached hydrogens (primary N) is 1. The minimum Gasteiger partial charge on any atom is -0.368 e. The quantitative estimate of drug-likeness (QED) is 0.523. The van der Waals surface area contributed by atoms with E-state index in [1.165, 1.54) is 0 Å². The van der Waals surface area contributed by atoms with E-state index in [9.17, 15) is 9.59 Å². The van der Waals surface area contributed by atoms with E-state index in [4.69, 9.17) is 16.6 Å². The zero-order valence-corrected chi connectivity index (χ0v) is 9.64. The third kappa shape index (κ3) is 3.82. The summed E-state index contributed by atoms with van der Waals surface area (Å²) < 4.78 is 0. The predicted octanol–water partition coefficient (Wildman–Crippen LogP) is -0.131. The van der Waals surface area contributed by atoms with E-state index in [1.54, 1.807) is 0 Å². The first kappa shape index (κ1) is 13.6. The van der Waals surface area contributed by atoms with Gasteiger partial charge in [0.1, 0.15) is 11.8 Å². The molecule has 0 unspecified atom stereocenters. The number of carbonyl (C=O) groups is 2. The normalized spacial score (nSPS) is 11.3. The van der Waals surface area contributed by atoms with Crippen molar-refractivity contribution in [1.29, 1.82) is 10.8 Å². The van der Waals surface area contributed by atoms with E-state index in [1.807, 2.05) is 30.3 Å². The molecule has 0 aliphatic rings. The molecule has 0 bridgehead atoms. The van der Waals surface area contributed by atoms with Crippen LogP contribution in [-0.2, 0) is 16.0 Å². The maximum Gasteiger partial charge on any atom is 0.271 e. The lowest BCUT2D eigenvalue weighted by Crippen LogP contribution is -2.48. The Morgan fingerprint density at radius 2 is 1.94 bits per heavy atom. The molecular formula is C12H14N4O2. The van der Waals surface area contributed by atoms with Crippen molar-refractivity contribution < 1.29 is 9.59 Å². The van der Waals surface area contributed by atoms with E-state index in [-0.39, 0.29) is 6.42 Å². The zero-order valence-electron chi connectivity index (χ0n) is 9.64. The lowest BCUT2D eigenvalue weighted by Gasteiger charge is -2.14. The van der Waals surface area contributed by atoms with Crippen molar-refractivity contribution in [3.8, 4) is 0 Å². The maximum absolute atomic E-state index is 11.4. The molecule has 0 saturated carbocycles. The molecule has 0 saturated heterocycles. The average Bonchev–Trinajstić information content (AvgIpc) is 2.37. The molecule has 18 heavy (non-hydrogen) atoms. The van der Waals surface area contributed by atoms with Crippen LogP contribution in [0.2, 0.25) is 0 Å². The lowest BCUT2D eigenvalue weighted by atomic mass is 10.1. The monoisotopic (exact) mass is 246 g/mol. The van der Waals surface area contributed by atoms with Crippen LogP contribution in [0.4, 0.5) is 0 Å². The number of carbonyl (C=O) groups excluding carboxylic acids is 2. The third-order valence-electron chi connectivity index (χ3n) is 2.32. The molecular weight excluding hydrogens is 232 g/mol. The van der Waals surface area contributed by atoms with Crippen molar-refractivity contribution in [1.82, 2.24) is 5.32 Å². The van der Waals surface area contributed by atoms with Crippen molar-refractivity contribution >= 4 is 23.7 Å². The van der Waals surface area contributed by atoms with E-state index >= 15 is 0 Å². The fourth-order valence-corrected chi connectivity index (χ4v) is 1.37. The van der Waals surface area contributed by atoms with E-state index < -0.39 is 23.6 Å². The molecule has 0 spiro atoms. The summed E-state index contributed by atoms with van der Waals surface area (Å²) in [6.07, 6.45) is 0.864. The zero-order chi connectivity index (χ0) is 13.5. The number of benzene rings is 1. The largest absolute Gasteiger partial charge is 0.368 e. The van der Waals surface area contributed by atoms with Gasteiger partial charge in [0.2, 0.25) is 5.91 Å². The molecule has 5 N–H and O–H groups in total. The molecule has 0 fully saturated rings. The van der Waals surface area contributed by atoms with Crippen molar-refractivity contribution in [3.05, 3.63) is 35.9 Å². The molecule has 0 aliphatic carbocycles. The van der Waals surface area contributed by atoms with Gasteiger partial charge < -0.3 is 16.5 Å². The van der Waals surface area contributed by atoms with Gasteiger partial charge in [-0.05, 0) is 5.56 Å². The van der Waals surface area contributed by atoms with Gasteiger partial charge in [0.25, 0.3) is 5.91 Å². The van der Waals surface area contributed by atoms with Crippen LogP contribution in [0.5, 0.6) is 0 Å². The molecule has 6 nitrogen and oxygen atoms in total. The topological polar surface area (TPSA) is 120 Å². The number of nitrogens with one attached hydrogen (secondary N) is 3. The SMILES string of the molecule is N=CC(=N)C(=O)N[C@H](Cc1ccccc1)C(N)=O. The van der Waals surface area contributed by atoms with Crippen LogP contribution in [0.3, 0.4) is 0 Å². The van der Waals surface area contributed by atoms with Gasteiger partial charge in [-0.25, -0.2) is 0 Å². The van der Waals surface area contributed by atoms with Crippen LogP contribution in [0.1, 0.15) is 5.56 Å². The highest BCUT2D eigenvalue weighted by atomic mass is 16.2. The number of primary amides is 1. The number of hydrogen-bond acceptors (Lipinski definition) is 4. The maximum atomic E-state index is 11.4. The predicted molar refractivity (Wildman–Crippen MR) is 67.8 cm³/mol. The molecule has 1 rings (SSSR count). The minimum atomic E-state index is -0.889. The van der Waals surface area contributed by atoms with Crippen LogP contribution in [0.25, 0.3) is 0 Å². The Bertz CT molecular complexity index is 470. The second-order valence-corrected chi connectivity index (χ2v) is 3.68. The van der Waals surface area contributed by atoms with E-state index in [0.29, 0.717) is 6.21 Å². The molecule has 94 valence electrons. The Hall–Kier alpha value is -2.50. The number of hydrogen-bond donors (Lipinski definition) is 4. The lowest BCUT2D eigenvalue weighted by molar-refractivity contribution is -0.124. The first-order valence-corrected chi connectivity index (χ1v) is 5.27. The summed E-state index contributed by atoms with van der Waals surface area (Å²) in [6, 6.07) is 8.20. The molecule has 0 heterocycles. The first-order chi connectivity index (χ1) is 8.54. The molecule has 1 aromatic carbocycles. The fourth-order valence-electron chi connectivity index (χ4n) is 1.37. The summed E-state index contributed by atoms with van der Waals surface area (Å²) in [4.78, 5) is 22.6. The fraction of sp³-hybridized carbons (Fsp3) is 0.167. The van der Waals surface area contributed by atoms with E-state index in [0.717, 1.165) is 5.56 Å². The second-order valence-electron chi connectivity index (χ2n) is 3.68. The van der Waals surface area contributed by atoms with Crippen molar-refractivity contribution in [2.24, 2.45) is 5.73 Å². The van der Waals surface area contributed by atoms with Gasteiger partial charge in [-0.3, -0.25) is 15.0 Å². The molecule has 6 heteroatoms. The van der Waals surface area contributed by atoms with Crippen LogP contribution in [0.15, 0.2) is 30.3 Å². The highest BCUT2D eigenvalue weighted by Crippen LogP contribution is 2.03. The second kappa shape index (κ2) is 6.29. The smallest absolute Gasteiger partial charge is 0.271 e. The summed E-state index contributed by atoms with van der Waals surface area (Å²) in [5.41, 5.74) is 5.52. The Morgan fingerprint density at radius 1 is 1.33 bits per heavy atom. The molecule has 2 amide bonds. The summed E-state index contributed by atoms with van der Waals surface area (Å²) in [5.74, 6) is -1.46. The molecule has 0 aliphatic heterocycles. The van der Waals surface area contributed by atoms with Crippen molar-refractivity contribution in [3.63, 3.8) is 0 Å². The first-order valence-electron chi connectivity index (χ1n) is 5.27. The molecule has 0 aromatic heterocycles. The van der Waals surface area contributed by atoms with Crippen molar-refractivity contribution in [2.75, 3.05) is 0 Å². The highest BCUT2D eigenvalue weighted by molar-refractivity contribution is 6.59. The summed E-state index contributed by atoms with van der Waals surface area (Å²) in [5, 5.41) is 16.3. The van der Waals surface area contributed by atoms with Gasteiger partial charge >= 0.3 is 0 Å². The minimum absolute atomic E-state index is 0.257. The average molecular weight is 246 g/mol.